The lowest BCUT2D eigenvalue weighted by molar-refractivity contribution is 0.0509. The molecular weight excluding hydrogens is 350 g/mol. The highest BCUT2D eigenvalue weighted by Gasteiger charge is 2.25. The van der Waals surface area contributed by atoms with Crippen LogP contribution in [0.5, 0.6) is 0 Å². The van der Waals surface area contributed by atoms with Gasteiger partial charge in [0.15, 0.2) is 0 Å². The van der Waals surface area contributed by atoms with Gasteiger partial charge in [0.25, 0.3) is 0 Å². The molecule has 5 nitrogen and oxygen atoms in total. The number of piperidine rings is 1. The molecule has 0 saturated carbocycles. The molecule has 1 saturated heterocycles. The number of benzene rings is 2. The zero-order chi connectivity index (χ0) is 18.4. The van der Waals surface area contributed by atoms with E-state index in [9.17, 15) is 13.2 Å². The van der Waals surface area contributed by atoms with Gasteiger partial charge in [-0.25, -0.2) is 13.2 Å². The van der Waals surface area contributed by atoms with Crippen LogP contribution in [-0.2, 0) is 21.2 Å². The molecule has 2 aromatic carbocycles. The van der Waals surface area contributed by atoms with Gasteiger partial charge in [-0.05, 0) is 42.7 Å². The quantitative estimate of drug-likeness (QED) is 0.729. The SMILES string of the molecule is O=C(OCCc1ccccc1)c1ccc(S(=O)(=O)N2CCCCC2)cc1. The second-order valence-corrected chi connectivity index (χ2v) is 8.30. The number of nitrogens with zero attached hydrogens (tertiary/aromatic N) is 1. The van der Waals surface area contributed by atoms with Crippen LogP contribution < -0.4 is 0 Å². The number of ether oxygens (including phenoxy) is 1. The third kappa shape index (κ3) is 4.51. The second kappa shape index (κ2) is 8.47. The molecule has 0 spiro atoms. The van der Waals surface area contributed by atoms with Crippen LogP contribution in [0.3, 0.4) is 0 Å². The maximum absolute atomic E-state index is 12.6. The first-order valence-corrected chi connectivity index (χ1v) is 10.3. The van der Waals surface area contributed by atoms with Gasteiger partial charge in [0, 0.05) is 19.5 Å². The molecule has 1 fully saturated rings. The smallest absolute Gasteiger partial charge is 0.338 e. The number of sulfonamides is 1. The number of carbonyl (C=O) groups excluding carboxylic acids is 1. The van der Waals surface area contributed by atoms with Crippen molar-refractivity contribution in [1.82, 2.24) is 4.31 Å². The van der Waals surface area contributed by atoms with Gasteiger partial charge in [0.05, 0.1) is 17.1 Å². The highest BCUT2D eigenvalue weighted by atomic mass is 32.2. The molecule has 1 heterocycles. The van der Waals surface area contributed by atoms with Crippen molar-refractivity contribution in [3.63, 3.8) is 0 Å². The molecule has 0 N–H and O–H groups in total. The first-order valence-electron chi connectivity index (χ1n) is 8.89. The third-order valence-electron chi connectivity index (χ3n) is 4.51. The monoisotopic (exact) mass is 373 g/mol. The van der Waals surface area contributed by atoms with E-state index >= 15 is 0 Å². The molecule has 6 heteroatoms. The maximum Gasteiger partial charge on any atom is 0.338 e. The van der Waals surface area contributed by atoms with Gasteiger partial charge in [-0.1, -0.05) is 36.8 Å². The minimum atomic E-state index is -3.48. The standard InChI is InChI=1S/C20H23NO4S/c22-20(25-16-13-17-7-3-1-4-8-17)18-9-11-19(12-10-18)26(23,24)21-14-5-2-6-15-21/h1,3-4,7-12H,2,5-6,13-16H2. The van der Waals surface area contributed by atoms with Crippen molar-refractivity contribution in [2.75, 3.05) is 19.7 Å². The lowest BCUT2D eigenvalue weighted by atomic mass is 10.2. The van der Waals surface area contributed by atoms with Crippen LogP contribution >= 0.6 is 0 Å². The summed E-state index contributed by atoms with van der Waals surface area (Å²) in [5.41, 5.74) is 1.46. The lowest BCUT2D eigenvalue weighted by Crippen LogP contribution is -2.35. The minimum absolute atomic E-state index is 0.222. The Balaban J connectivity index is 1.59. The Morgan fingerprint density at radius 2 is 1.58 bits per heavy atom. The van der Waals surface area contributed by atoms with Crippen LogP contribution in [0.2, 0.25) is 0 Å². The second-order valence-electron chi connectivity index (χ2n) is 6.36. The molecule has 0 atom stereocenters. The largest absolute Gasteiger partial charge is 0.462 e. The van der Waals surface area contributed by atoms with Crippen molar-refractivity contribution >= 4 is 16.0 Å². The molecule has 26 heavy (non-hydrogen) atoms. The number of esters is 1. The number of hydrogen-bond acceptors (Lipinski definition) is 4. The molecular formula is C20H23NO4S. The van der Waals surface area contributed by atoms with E-state index in [0.717, 1.165) is 24.8 Å². The fourth-order valence-electron chi connectivity index (χ4n) is 3.01. The summed E-state index contributed by atoms with van der Waals surface area (Å²) >= 11 is 0. The molecule has 138 valence electrons. The zero-order valence-electron chi connectivity index (χ0n) is 14.6. The summed E-state index contributed by atoms with van der Waals surface area (Å²) in [4.78, 5) is 12.3. The summed E-state index contributed by atoms with van der Waals surface area (Å²) in [5, 5.41) is 0. The van der Waals surface area contributed by atoms with E-state index in [1.165, 1.54) is 28.6 Å². The first-order chi connectivity index (χ1) is 12.6. The van der Waals surface area contributed by atoms with E-state index in [4.69, 9.17) is 4.74 Å². The Morgan fingerprint density at radius 3 is 2.23 bits per heavy atom. The highest BCUT2D eigenvalue weighted by molar-refractivity contribution is 7.89. The molecule has 1 aliphatic rings. The molecule has 0 radical (unpaired) electrons. The van der Waals surface area contributed by atoms with Gasteiger partial charge in [-0.15, -0.1) is 0 Å². The summed E-state index contributed by atoms with van der Waals surface area (Å²) in [5.74, 6) is -0.442. The van der Waals surface area contributed by atoms with E-state index in [1.54, 1.807) is 0 Å². The Morgan fingerprint density at radius 1 is 0.923 bits per heavy atom. The Bertz CT molecular complexity index is 826. The lowest BCUT2D eigenvalue weighted by Gasteiger charge is -2.25. The van der Waals surface area contributed by atoms with Gasteiger partial charge in [-0.3, -0.25) is 0 Å². The van der Waals surface area contributed by atoms with Crippen LogP contribution in [0.1, 0.15) is 35.2 Å². The van der Waals surface area contributed by atoms with Gasteiger partial charge >= 0.3 is 5.97 Å². The zero-order valence-corrected chi connectivity index (χ0v) is 15.5. The highest BCUT2D eigenvalue weighted by Crippen LogP contribution is 2.21. The summed E-state index contributed by atoms with van der Waals surface area (Å²) < 4.78 is 32.0. The Kier molecular flexibility index (Phi) is 6.06. The van der Waals surface area contributed by atoms with Crippen molar-refractivity contribution in [2.45, 2.75) is 30.6 Å². The number of rotatable bonds is 6. The van der Waals surface area contributed by atoms with Crippen molar-refractivity contribution in [1.29, 1.82) is 0 Å². The average Bonchev–Trinajstić information content (AvgIpc) is 2.69. The molecule has 3 rings (SSSR count). The predicted molar refractivity (Wildman–Crippen MR) is 99.5 cm³/mol. The molecule has 0 aromatic heterocycles. The van der Waals surface area contributed by atoms with E-state index in [1.807, 2.05) is 30.3 Å². The van der Waals surface area contributed by atoms with Crippen LogP contribution in [0.25, 0.3) is 0 Å². The summed E-state index contributed by atoms with van der Waals surface area (Å²) in [6, 6.07) is 15.8. The van der Waals surface area contributed by atoms with Crippen molar-refractivity contribution in [2.24, 2.45) is 0 Å². The predicted octanol–water partition coefficient (Wildman–Crippen LogP) is 3.26. The normalized spacial score (nSPS) is 15.5. The first kappa shape index (κ1) is 18.6. The molecule has 0 unspecified atom stereocenters. The number of carbonyl (C=O) groups is 1. The Hall–Kier alpha value is -2.18. The van der Waals surface area contributed by atoms with Gasteiger partial charge in [0.2, 0.25) is 10.0 Å². The van der Waals surface area contributed by atoms with Crippen LogP contribution in [0, 0.1) is 0 Å². The molecule has 0 aliphatic carbocycles. The van der Waals surface area contributed by atoms with Gasteiger partial charge < -0.3 is 4.74 Å². The van der Waals surface area contributed by atoms with Crippen molar-refractivity contribution < 1.29 is 17.9 Å². The average molecular weight is 373 g/mol. The molecule has 0 amide bonds. The summed E-state index contributed by atoms with van der Waals surface area (Å²) in [6.07, 6.45) is 3.50. The third-order valence-corrected chi connectivity index (χ3v) is 6.42. The topological polar surface area (TPSA) is 63.7 Å². The molecule has 0 bridgehead atoms. The van der Waals surface area contributed by atoms with E-state index in [-0.39, 0.29) is 11.5 Å². The maximum atomic E-state index is 12.6. The number of hydrogen-bond donors (Lipinski definition) is 0. The fourth-order valence-corrected chi connectivity index (χ4v) is 4.52. The van der Waals surface area contributed by atoms with Crippen LogP contribution in [-0.4, -0.2) is 38.4 Å². The van der Waals surface area contributed by atoms with Gasteiger partial charge in [0.1, 0.15) is 0 Å². The van der Waals surface area contributed by atoms with Crippen LogP contribution in [0.4, 0.5) is 0 Å². The molecule has 2 aromatic rings. The van der Waals surface area contributed by atoms with Crippen molar-refractivity contribution in [3.8, 4) is 0 Å². The molecule has 1 aliphatic heterocycles. The fraction of sp³-hybridized carbons (Fsp3) is 0.350. The van der Waals surface area contributed by atoms with Crippen LogP contribution in [0.15, 0.2) is 59.5 Å². The minimum Gasteiger partial charge on any atom is -0.462 e. The van der Waals surface area contributed by atoms with Gasteiger partial charge in [-0.2, -0.15) is 4.31 Å². The van der Waals surface area contributed by atoms with E-state index in [0.29, 0.717) is 25.1 Å². The summed E-state index contributed by atoms with van der Waals surface area (Å²) in [6.45, 7) is 1.41. The van der Waals surface area contributed by atoms with E-state index in [2.05, 4.69) is 0 Å². The Labute approximate surface area is 154 Å². The van der Waals surface area contributed by atoms with E-state index < -0.39 is 16.0 Å². The van der Waals surface area contributed by atoms with Crippen molar-refractivity contribution in [3.05, 3.63) is 65.7 Å². The summed E-state index contributed by atoms with van der Waals surface area (Å²) in [7, 11) is -3.48.